The summed E-state index contributed by atoms with van der Waals surface area (Å²) in [5.41, 5.74) is 7.98. The van der Waals surface area contributed by atoms with Gasteiger partial charge in [0.05, 0.1) is 12.3 Å². The second-order valence-corrected chi connectivity index (χ2v) is 7.16. The van der Waals surface area contributed by atoms with Gasteiger partial charge in [-0.15, -0.1) is 0 Å². The molecule has 0 spiro atoms. The molecule has 0 atom stereocenters. The Kier molecular flexibility index (Phi) is 5.65. The van der Waals surface area contributed by atoms with Crippen molar-refractivity contribution in [2.75, 3.05) is 50.5 Å². The van der Waals surface area contributed by atoms with Gasteiger partial charge in [0.15, 0.2) is 0 Å². The van der Waals surface area contributed by atoms with Crippen LogP contribution in [0, 0.1) is 5.92 Å². The van der Waals surface area contributed by atoms with Gasteiger partial charge in [0.25, 0.3) is 0 Å². The van der Waals surface area contributed by atoms with E-state index in [0.29, 0.717) is 0 Å². The standard InChI is InChI=1S/C19H31N3O/c1-21-10-12-22(13-11-21)18-8-7-17(20)15-19(18)23-14-9-16-5-3-2-4-6-16/h7-8,15-16H,2-6,9-14,20H2,1H3. The zero-order valence-electron chi connectivity index (χ0n) is 14.5. The number of hydrogen-bond donors (Lipinski definition) is 1. The van der Waals surface area contributed by atoms with Crippen LogP contribution in [0.4, 0.5) is 11.4 Å². The van der Waals surface area contributed by atoms with Crippen molar-refractivity contribution >= 4 is 11.4 Å². The summed E-state index contributed by atoms with van der Waals surface area (Å²) in [5.74, 6) is 1.82. The second-order valence-electron chi connectivity index (χ2n) is 7.16. The highest BCUT2D eigenvalue weighted by atomic mass is 16.5. The number of piperazine rings is 1. The summed E-state index contributed by atoms with van der Waals surface area (Å²) < 4.78 is 6.17. The molecule has 4 heteroatoms. The highest BCUT2D eigenvalue weighted by Crippen LogP contribution is 2.32. The molecule has 4 nitrogen and oxygen atoms in total. The van der Waals surface area contributed by atoms with E-state index in [4.69, 9.17) is 10.5 Å². The number of hydrogen-bond acceptors (Lipinski definition) is 4. The zero-order valence-corrected chi connectivity index (χ0v) is 14.5. The first-order chi connectivity index (χ1) is 11.2. The lowest BCUT2D eigenvalue weighted by atomic mass is 9.87. The Morgan fingerprint density at radius 2 is 1.83 bits per heavy atom. The van der Waals surface area contributed by atoms with Gasteiger partial charge in [-0.1, -0.05) is 32.1 Å². The number of nitrogen functional groups attached to an aromatic ring is 1. The molecule has 2 N–H and O–H groups in total. The summed E-state index contributed by atoms with van der Waals surface area (Å²) in [6.07, 6.45) is 8.15. The van der Waals surface area contributed by atoms with E-state index in [2.05, 4.69) is 22.9 Å². The fourth-order valence-electron chi connectivity index (χ4n) is 3.77. The van der Waals surface area contributed by atoms with Gasteiger partial charge in [-0.3, -0.25) is 0 Å². The maximum atomic E-state index is 6.17. The van der Waals surface area contributed by atoms with Crippen LogP contribution in [-0.4, -0.2) is 44.7 Å². The average Bonchev–Trinajstić information content (AvgIpc) is 2.57. The summed E-state index contributed by atoms with van der Waals surface area (Å²) in [6.45, 7) is 5.13. The number of nitrogens with zero attached hydrogens (tertiary/aromatic N) is 2. The van der Waals surface area contributed by atoms with Crippen molar-refractivity contribution in [3.05, 3.63) is 18.2 Å². The van der Waals surface area contributed by atoms with E-state index in [1.807, 2.05) is 12.1 Å². The van der Waals surface area contributed by atoms with Crippen LogP contribution in [0.15, 0.2) is 18.2 Å². The molecule has 1 saturated carbocycles. The zero-order chi connectivity index (χ0) is 16.1. The lowest BCUT2D eigenvalue weighted by Crippen LogP contribution is -2.44. The summed E-state index contributed by atoms with van der Waals surface area (Å²) >= 11 is 0. The number of rotatable bonds is 5. The normalized spacial score (nSPS) is 20.7. The van der Waals surface area contributed by atoms with Gasteiger partial charge >= 0.3 is 0 Å². The van der Waals surface area contributed by atoms with Crippen molar-refractivity contribution in [3.63, 3.8) is 0 Å². The molecule has 1 aromatic carbocycles. The largest absolute Gasteiger partial charge is 0.491 e. The summed E-state index contributed by atoms with van der Waals surface area (Å²) in [7, 11) is 2.18. The molecule has 0 amide bonds. The molecule has 23 heavy (non-hydrogen) atoms. The minimum atomic E-state index is 0.788. The topological polar surface area (TPSA) is 41.7 Å². The van der Waals surface area contributed by atoms with Gasteiger partial charge in [-0.25, -0.2) is 0 Å². The first-order valence-corrected chi connectivity index (χ1v) is 9.18. The van der Waals surface area contributed by atoms with Crippen molar-refractivity contribution in [2.24, 2.45) is 5.92 Å². The Hall–Kier alpha value is -1.42. The summed E-state index contributed by atoms with van der Waals surface area (Å²) in [4.78, 5) is 4.80. The third kappa shape index (κ3) is 4.54. The fraction of sp³-hybridized carbons (Fsp3) is 0.684. The molecule has 0 radical (unpaired) electrons. The van der Waals surface area contributed by atoms with Crippen LogP contribution in [-0.2, 0) is 0 Å². The smallest absolute Gasteiger partial charge is 0.144 e. The van der Waals surface area contributed by atoms with Crippen LogP contribution in [0.1, 0.15) is 38.5 Å². The van der Waals surface area contributed by atoms with Crippen LogP contribution in [0.2, 0.25) is 0 Å². The number of nitrogens with two attached hydrogens (primary N) is 1. The predicted octanol–water partition coefficient (Wildman–Crippen LogP) is 3.37. The van der Waals surface area contributed by atoms with E-state index in [1.54, 1.807) is 0 Å². The van der Waals surface area contributed by atoms with Gasteiger partial charge in [0.1, 0.15) is 5.75 Å². The maximum absolute atomic E-state index is 6.17. The van der Waals surface area contributed by atoms with E-state index >= 15 is 0 Å². The first kappa shape index (κ1) is 16.4. The first-order valence-electron chi connectivity index (χ1n) is 9.18. The van der Waals surface area contributed by atoms with E-state index in [-0.39, 0.29) is 0 Å². The van der Waals surface area contributed by atoms with Crippen LogP contribution in [0.25, 0.3) is 0 Å². The van der Waals surface area contributed by atoms with Gasteiger partial charge in [-0.2, -0.15) is 0 Å². The number of benzene rings is 1. The summed E-state index contributed by atoms with van der Waals surface area (Å²) in [5, 5.41) is 0. The molecular weight excluding hydrogens is 286 g/mol. The van der Waals surface area contributed by atoms with Gasteiger partial charge < -0.3 is 20.3 Å². The Morgan fingerprint density at radius 1 is 1.09 bits per heavy atom. The second kappa shape index (κ2) is 7.91. The third-order valence-corrected chi connectivity index (χ3v) is 5.34. The van der Waals surface area contributed by atoms with Crippen LogP contribution in [0.3, 0.4) is 0 Å². The Morgan fingerprint density at radius 3 is 2.57 bits per heavy atom. The summed E-state index contributed by atoms with van der Waals surface area (Å²) in [6, 6.07) is 6.10. The van der Waals surface area contributed by atoms with Gasteiger partial charge in [0.2, 0.25) is 0 Å². The lowest BCUT2D eigenvalue weighted by molar-refractivity contribution is 0.245. The fourth-order valence-corrected chi connectivity index (χ4v) is 3.77. The molecule has 2 aliphatic rings. The van der Waals surface area contributed by atoms with Crippen molar-refractivity contribution in [3.8, 4) is 5.75 Å². The lowest BCUT2D eigenvalue weighted by Gasteiger charge is -2.35. The molecule has 1 aromatic rings. The quantitative estimate of drug-likeness (QED) is 0.846. The molecule has 128 valence electrons. The van der Waals surface area contributed by atoms with Crippen molar-refractivity contribution in [1.29, 1.82) is 0 Å². The van der Waals surface area contributed by atoms with Crippen molar-refractivity contribution < 1.29 is 4.74 Å². The van der Waals surface area contributed by atoms with Crippen molar-refractivity contribution in [2.45, 2.75) is 38.5 Å². The number of anilines is 2. The Bertz CT molecular complexity index is 491. The van der Waals surface area contributed by atoms with Gasteiger partial charge in [0, 0.05) is 37.9 Å². The van der Waals surface area contributed by atoms with E-state index < -0.39 is 0 Å². The molecule has 0 aromatic heterocycles. The van der Waals surface area contributed by atoms with Crippen LogP contribution in [0.5, 0.6) is 5.75 Å². The molecular formula is C19H31N3O. The number of ether oxygens (including phenoxy) is 1. The Balaban J connectivity index is 1.59. The maximum Gasteiger partial charge on any atom is 0.144 e. The highest BCUT2D eigenvalue weighted by molar-refractivity contribution is 5.64. The number of likely N-dealkylation sites (N-methyl/N-ethyl adjacent to an activating group) is 1. The Labute approximate surface area is 140 Å². The highest BCUT2D eigenvalue weighted by Gasteiger charge is 2.19. The van der Waals surface area contributed by atoms with Gasteiger partial charge in [-0.05, 0) is 31.5 Å². The van der Waals surface area contributed by atoms with E-state index in [1.165, 1.54) is 44.2 Å². The van der Waals surface area contributed by atoms with Crippen molar-refractivity contribution in [1.82, 2.24) is 4.90 Å². The molecule has 2 fully saturated rings. The minimum absolute atomic E-state index is 0.788. The van der Waals surface area contributed by atoms with E-state index in [0.717, 1.165) is 50.1 Å². The van der Waals surface area contributed by atoms with Crippen LogP contribution < -0.4 is 15.4 Å². The van der Waals surface area contributed by atoms with E-state index in [9.17, 15) is 0 Å². The molecule has 1 heterocycles. The average molecular weight is 317 g/mol. The molecule has 3 rings (SSSR count). The molecule has 0 unspecified atom stereocenters. The molecule has 1 aliphatic carbocycles. The minimum Gasteiger partial charge on any atom is -0.491 e. The predicted molar refractivity (Wildman–Crippen MR) is 97.3 cm³/mol. The third-order valence-electron chi connectivity index (χ3n) is 5.34. The monoisotopic (exact) mass is 317 g/mol. The molecule has 0 bridgehead atoms. The van der Waals surface area contributed by atoms with Crippen LogP contribution >= 0.6 is 0 Å². The SMILES string of the molecule is CN1CCN(c2ccc(N)cc2OCCC2CCCCC2)CC1. The molecule has 1 aliphatic heterocycles. The molecule has 1 saturated heterocycles.